The Labute approximate surface area is 111 Å². The van der Waals surface area contributed by atoms with E-state index in [-0.39, 0.29) is 12.5 Å². The highest BCUT2D eigenvalue weighted by atomic mass is 35.5. The molecule has 3 nitrogen and oxygen atoms in total. The van der Waals surface area contributed by atoms with Gasteiger partial charge in [-0.1, -0.05) is 37.9 Å². The van der Waals surface area contributed by atoms with E-state index in [1.54, 1.807) is 6.07 Å². The number of rotatable bonds is 6. The quantitative estimate of drug-likeness (QED) is 0.837. The van der Waals surface area contributed by atoms with Crippen molar-refractivity contribution in [3.8, 4) is 0 Å². The summed E-state index contributed by atoms with van der Waals surface area (Å²) in [6, 6.07) is 3.71. The van der Waals surface area contributed by atoms with E-state index in [2.05, 4.69) is 5.32 Å². The molecule has 2 N–H and O–H groups in total. The normalized spacial score (nSPS) is 14.2. The average Bonchev–Trinajstić information content (AvgIpc) is 2.31. The topological polar surface area (TPSA) is 49.3 Å². The Bertz CT molecular complexity index is 405. The van der Waals surface area contributed by atoms with Crippen LogP contribution in [0.25, 0.3) is 0 Å². The van der Waals surface area contributed by atoms with Crippen molar-refractivity contribution in [3.63, 3.8) is 0 Å². The summed E-state index contributed by atoms with van der Waals surface area (Å²) in [5.74, 6) is -1.40. The zero-order valence-corrected chi connectivity index (χ0v) is 11.2. The summed E-state index contributed by atoms with van der Waals surface area (Å²) >= 11 is 5.88. The van der Waals surface area contributed by atoms with E-state index in [9.17, 15) is 9.18 Å². The Hall–Kier alpha value is -1.13. The highest BCUT2D eigenvalue weighted by molar-refractivity contribution is 6.31. The molecule has 0 aliphatic heterocycles. The van der Waals surface area contributed by atoms with Crippen LogP contribution in [0.4, 0.5) is 4.39 Å². The second kappa shape index (κ2) is 6.71. The lowest BCUT2D eigenvalue weighted by atomic mass is 9.99. The van der Waals surface area contributed by atoms with Gasteiger partial charge in [-0.2, -0.15) is 0 Å². The molecule has 0 aliphatic carbocycles. The molecule has 0 saturated carbocycles. The van der Waals surface area contributed by atoms with Crippen molar-refractivity contribution in [2.45, 2.75) is 32.9 Å². The number of hydrogen-bond acceptors (Lipinski definition) is 2. The Morgan fingerprint density at radius 3 is 2.72 bits per heavy atom. The fourth-order valence-corrected chi connectivity index (χ4v) is 1.91. The second-order valence-electron chi connectivity index (χ2n) is 4.28. The van der Waals surface area contributed by atoms with Crippen molar-refractivity contribution in [2.24, 2.45) is 5.92 Å². The highest BCUT2D eigenvalue weighted by Crippen LogP contribution is 2.19. The van der Waals surface area contributed by atoms with Crippen LogP contribution in [-0.4, -0.2) is 17.1 Å². The molecule has 0 aromatic heterocycles. The van der Waals surface area contributed by atoms with E-state index >= 15 is 0 Å². The summed E-state index contributed by atoms with van der Waals surface area (Å²) < 4.78 is 13.5. The van der Waals surface area contributed by atoms with Gasteiger partial charge in [-0.05, 0) is 18.1 Å². The number of carbonyl (C=O) groups is 1. The minimum atomic E-state index is -0.934. The van der Waals surface area contributed by atoms with Crippen LogP contribution < -0.4 is 5.32 Å². The van der Waals surface area contributed by atoms with Crippen molar-refractivity contribution < 1.29 is 14.3 Å². The molecule has 1 rings (SSSR count). The average molecular weight is 274 g/mol. The Morgan fingerprint density at radius 2 is 2.22 bits per heavy atom. The lowest BCUT2D eigenvalue weighted by Crippen LogP contribution is -2.41. The number of halogens is 2. The third kappa shape index (κ3) is 3.68. The monoisotopic (exact) mass is 273 g/mol. The van der Waals surface area contributed by atoms with Crippen molar-refractivity contribution >= 4 is 17.6 Å². The maximum atomic E-state index is 13.5. The number of carboxylic acid groups (broad SMARTS) is 1. The molecule has 0 heterocycles. The number of benzene rings is 1. The third-order valence-electron chi connectivity index (χ3n) is 3.04. The van der Waals surface area contributed by atoms with Gasteiger partial charge in [-0.25, -0.2) is 4.39 Å². The molecule has 0 amide bonds. The van der Waals surface area contributed by atoms with Crippen LogP contribution in [0.1, 0.15) is 25.8 Å². The van der Waals surface area contributed by atoms with Crippen LogP contribution >= 0.6 is 11.6 Å². The van der Waals surface area contributed by atoms with Gasteiger partial charge in [0.15, 0.2) is 0 Å². The first-order chi connectivity index (χ1) is 8.47. The molecule has 0 spiro atoms. The molecule has 0 fully saturated rings. The van der Waals surface area contributed by atoms with Crippen LogP contribution in [0.15, 0.2) is 18.2 Å². The van der Waals surface area contributed by atoms with Gasteiger partial charge in [0.25, 0.3) is 0 Å². The first-order valence-electron chi connectivity index (χ1n) is 5.86. The fraction of sp³-hybridized carbons (Fsp3) is 0.462. The molecule has 0 radical (unpaired) electrons. The van der Waals surface area contributed by atoms with Crippen LogP contribution in [0.3, 0.4) is 0 Å². The number of nitrogens with one attached hydrogen (secondary N) is 1. The predicted molar refractivity (Wildman–Crippen MR) is 69.1 cm³/mol. The van der Waals surface area contributed by atoms with Crippen molar-refractivity contribution in [1.29, 1.82) is 0 Å². The Morgan fingerprint density at radius 1 is 1.56 bits per heavy atom. The molecule has 18 heavy (non-hydrogen) atoms. The summed E-state index contributed by atoms with van der Waals surface area (Å²) in [6.45, 7) is 3.86. The lowest BCUT2D eigenvalue weighted by Gasteiger charge is -2.20. The van der Waals surface area contributed by atoms with Gasteiger partial charge < -0.3 is 5.11 Å². The summed E-state index contributed by atoms with van der Waals surface area (Å²) in [4.78, 5) is 11.1. The van der Waals surface area contributed by atoms with Gasteiger partial charge in [0.1, 0.15) is 11.9 Å². The van der Waals surface area contributed by atoms with Crippen LogP contribution in [-0.2, 0) is 11.3 Å². The lowest BCUT2D eigenvalue weighted by molar-refractivity contribution is -0.140. The Kier molecular flexibility index (Phi) is 5.56. The van der Waals surface area contributed by atoms with Crippen LogP contribution in [0, 0.1) is 11.7 Å². The summed E-state index contributed by atoms with van der Waals surface area (Å²) in [5.41, 5.74) is 0.300. The first-order valence-corrected chi connectivity index (χ1v) is 6.24. The molecule has 100 valence electrons. The molecule has 1 aromatic rings. The third-order valence-corrected chi connectivity index (χ3v) is 3.39. The molecular formula is C13H17ClFNO2. The van der Waals surface area contributed by atoms with E-state index in [0.29, 0.717) is 10.6 Å². The van der Waals surface area contributed by atoms with Gasteiger partial charge in [0, 0.05) is 17.1 Å². The smallest absolute Gasteiger partial charge is 0.320 e. The highest BCUT2D eigenvalue weighted by Gasteiger charge is 2.23. The number of hydrogen-bond donors (Lipinski definition) is 2. The number of carboxylic acids is 1. The van der Waals surface area contributed by atoms with Gasteiger partial charge in [0.2, 0.25) is 0 Å². The molecule has 0 saturated heterocycles. The summed E-state index contributed by atoms with van der Waals surface area (Å²) in [7, 11) is 0. The molecule has 2 atom stereocenters. The molecule has 1 aromatic carbocycles. The van der Waals surface area contributed by atoms with E-state index in [0.717, 1.165) is 6.42 Å². The van der Waals surface area contributed by atoms with Crippen molar-refractivity contribution in [2.75, 3.05) is 0 Å². The van der Waals surface area contributed by atoms with Crippen LogP contribution in [0.2, 0.25) is 5.02 Å². The number of aliphatic carboxylic acids is 1. The van der Waals surface area contributed by atoms with Gasteiger partial charge in [0.05, 0.1) is 0 Å². The van der Waals surface area contributed by atoms with E-state index in [4.69, 9.17) is 16.7 Å². The van der Waals surface area contributed by atoms with Gasteiger partial charge in [-0.15, -0.1) is 0 Å². The van der Waals surface area contributed by atoms with Crippen molar-refractivity contribution in [1.82, 2.24) is 5.32 Å². The van der Waals surface area contributed by atoms with E-state index in [1.807, 2.05) is 13.8 Å². The molecule has 0 bridgehead atoms. The second-order valence-corrected chi connectivity index (χ2v) is 4.69. The van der Waals surface area contributed by atoms with Gasteiger partial charge >= 0.3 is 5.97 Å². The summed E-state index contributed by atoms with van der Waals surface area (Å²) in [5, 5.41) is 12.2. The van der Waals surface area contributed by atoms with E-state index in [1.165, 1.54) is 12.1 Å². The van der Waals surface area contributed by atoms with Crippen molar-refractivity contribution in [3.05, 3.63) is 34.6 Å². The predicted octanol–water partition coefficient (Wildman–Crippen LogP) is 3.07. The Balaban J connectivity index is 2.76. The minimum absolute atomic E-state index is 0.0342. The standard InChI is InChI=1S/C13H17ClFNO2/c1-3-8(2)12(13(17)18)16-7-9-10(14)5-4-6-11(9)15/h4-6,8,12,16H,3,7H2,1-2H3,(H,17,18). The fourth-order valence-electron chi connectivity index (χ4n) is 1.68. The molecular weight excluding hydrogens is 257 g/mol. The minimum Gasteiger partial charge on any atom is -0.480 e. The van der Waals surface area contributed by atoms with E-state index < -0.39 is 17.8 Å². The SMILES string of the molecule is CCC(C)C(NCc1c(F)cccc1Cl)C(=O)O. The summed E-state index contributed by atoms with van der Waals surface area (Å²) in [6.07, 6.45) is 0.731. The zero-order chi connectivity index (χ0) is 13.7. The molecule has 5 heteroatoms. The first kappa shape index (κ1) is 14.9. The largest absolute Gasteiger partial charge is 0.480 e. The molecule has 0 aliphatic rings. The van der Waals surface area contributed by atoms with Gasteiger partial charge in [-0.3, -0.25) is 10.1 Å². The maximum Gasteiger partial charge on any atom is 0.320 e. The zero-order valence-electron chi connectivity index (χ0n) is 10.4. The maximum absolute atomic E-state index is 13.5. The molecule has 2 unspecified atom stereocenters. The van der Waals surface area contributed by atoms with Crippen LogP contribution in [0.5, 0.6) is 0 Å².